The second-order valence-corrected chi connectivity index (χ2v) is 34.5. The van der Waals surface area contributed by atoms with Crippen molar-refractivity contribution in [1.82, 2.24) is 9.13 Å². The van der Waals surface area contributed by atoms with Crippen molar-refractivity contribution in [2.24, 2.45) is 0 Å². The quantitative estimate of drug-likeness (QED) is 0.100. The highest BCUT2D eigenvalue weighted by atomic mass is 15.2. The van der Waals surface area contributed by atoms with E-state index in [0.717, 1.165) is 101 Å². The van der Waals surface area contributed by atoms with Crippen LogP contribution >= 0.6 is 0 Å². The molecule has 0 bridgehead atoms. The third kappa shape index (κ3) is 10.8. The van der Waals surface area contributed by atoms with E-state index in [0.29, 0.717) is 0 Å². The molecule has 0 unspecified atom stereocenters. The Balaban J connectivity index is 0.833. The minimum atomic E-state index is -0.375. The molecule has 4 heterocycles. The zero-order valence-electron chi connectivity index (χ0n) is 68.3. The molecule has 123 heavy (non-hydrogen) atoms. The second kappa shape index (κ2) is 27.5. The maximum atomic E-state index is 2.73. The molecule has 2 aliphatic rings. The number of benzene rings is 21. The summed E-state index contributed by atoms with van der Waals surface area (Å²) in [6, 6.07) is 161. The summed E-state index contributed by atoms with van der Waals surface area (Å²) in [5, 5.41) is 19.6. The van der Waals surface area contributed by atoms with Crippen LogP contribution in [0.2, 0.25) is 0 Å². The van der Waals surface area contributed by atoms with Crippen molar-refractivity contribution < 1.29 is 0 Å². The zero-order chi connectivity index (χ0) is 81.3. The first kappa shape index (κ1) is 70.5. The maximum Gasteiger partial charge on any atom is 0.252 e. The fraction of sp³-hybridized carbons (Fsp3) is 0.0339. The highest BCUT2D eigenvalue weighted by Gasteiger charge is 2.47. The van der Waals surface area contributed by atoms with Gasteiger partial charge in [0.2, 0.25) is 0 Å². The molecule has 0 saturated carbocycles. The molecule has 0 radical (unpaired) electrons. The van der Waals surface area contributed by atoms with Gasteiger partial charge in [-0.3, -0.25) is 0 Å². The number of aromatic nitrogens is 2. The molecule has 0 amide bonds. The van der Waals surface area contributed by atoms with E-state index in [4.69, 9.17) is 0 Å². The predicted molar refractivity (Wildman–Crippen MR) is 525 cm³/mol. The Morgan fingerprint density at radius 3 is 0.902 bits per heavy atom. The molecule has 4 nitrogen and oxygen atoms in total. The minimum Gasteiger partial charge on any atom is -0.310 e. The molecule has 2 aliphatic heterocycles. The van der Waals surface area contributed by atoms with Gasteiger partial charge in [0, 0.05) is 88.7 Å². The lowest BCUT2D eigenvalue weighted by Crippen LogP contribution is -2.61. The van der Waals surface area contributed by atoms with Crippen molar-refractivity contribution in [3.8, 4) is 78.1 Å². The van der Waals surface area contributed by atoms with Crippen LogP contribution in [0.1, 0.15) is 26.3 Å². The molecule has 0 spiro atoms. The lowest BCUT2D eigenvalue weighted by molar-refractivity contribution is 0.590. The fourth-order valence-electron chi connectivity index (χ4n) is 21.3. The van der Waals surface area contributed by atoms with Crippen molar-refractivity contribution in [1.29, 1.82) is 0 Å². The smallest absolute Gasteiger partial charge is 0.252 e. The van der Waals surface area contributed by atoms with E-state index >= 15 is 0 Å². The van der Waals surface area contributed by atoms with Crippen LogP contribution < -0.4 is 26.2 Å². The van der Waals surface area contributed by atoms with E-state index in [2.05, 4.69) is 464 Å². The molecular weight excluding hydrogens is 1480 g/mol. The van der Waals surface area contributed by atoms with Gasteiger partial charge in [0.25, 0.3) is 6.71 Å². The Hall–Kier alpha value is -15.6. The predicted octanol–water partition coefficient (Wildman–Crippen LogP) is 30.2. The Labute approximate surface area is 714 Å². The van der Waals surface area contributed by atoms with E-state index < -0.39 is 0 Å². The van der Waals surface area contributed by atoms with Gasteiger partial charge in [-0.05, 0) is 186 Å². The fourth-order valence-corrected chi connectivity index (χ4v) is 21.3. The average Bonchev–Trinajstić information content (AvgIpc) is 1.69. The number of nitrogens with zero attached hydrogens (tertiary/aromatic N) is 4. The number of rotatable bonds is 10. The highest BCUT2D eigenvalue weighted by molar-refractivity contribution is 7.00. The Bertz CT molecular complexity index is 7760. The van der Waals surface area contributed by atoms with Crippen LogP contribution in [-0.2, 0) is 5.41 Å². The van der Waals surface area contributed by atoms with Gasteiger partial charge in [0.15, 0.2) is 0 Å². The summed E-state index contributed by atoms with van der Waals surface area (Å²) in [7, 11) is 0. The van der Waals surface area contributed by atoms with Crippen LogP contribution in [0.3, 0.4) is 0 Å². The van der Waals surface area contributed by atoms with Crippen LogP contribution in [0.4, 0.5) is 34.1 Å². The maximum absolute atomic E-state index is 2.73. The summed E-state index contributed by atoms with van der Waals surface area (Å²) < 4.78 is 5.24. The lowest BCUT2D eigenvalue weighted by atomic mass is 9.33. The molecule has 0 aliphatic carbocycles. The molecule has 574 valence electrons. The summed E-state index contributed by atoms with van der Waals surface area (Å²) >= 11 is 0. The van der Waals surface area contributed by atoms with Crippen LogP contribution in [0.25, 0.3) is 186 Å². The minimum absolute atomic E-state index is 0.310. The van der Waals surface area contributed by atoms with Crippen molar-refractivity contribution in [3.05, 3.63) is 430 Å². The first-order chi connectivity index (χ1) is 60.7. The molecule has 0 N–H and O–H groups in total. The van der Waals surface area contributed by atoms with Gasteiger partial charge in [0.1, 0.15) is 0 Å². The third-order valence-electron chi connectivity index (χ3n) is 26.8. The standard InChI is InChI=1S/C118H79BN4/c1-118(2,3)82-70-109-113-110(71-82)123(115-91(78-36-12-6-13-37-78)58-31-59-92(115)79-38-14-7-15-39-79)108-73-84(121-106-67-61-81(88-55-29-43-75-41-17-19-45-86(75)88)69-102(106)112-98-51-25-21-47-94(98)96-49-23-27-53-100(96)117(112)121)63-65-104(108)119(113)103-64-62-83(72-107(103)122(109)114-89(76-32-8-4-9-33-76)56-30-57-90(114)77-34-10-5-11-35-77)120-105-66-60-80(87-54-28-42-74-40-16-18-44-85(74)87)68-101(105)111-97-50-24-20-46-93(97)95-48-22-26-52-99(95)116(111)120/h4-73H,1-3H3. The van der Waals surface area contributed by atoms with Gasteiger partial charge in [-0.2, -0.15) is 0 Å². The zero-order valence-corrected chi connectivity index (χ0v) is 68.3. The van der Waals surface area contributed by atoms with Crippen molar-refractivity contribution >= 4 is 165 Å². The molecule has 21 aromatic carbocycles. The first-order valence-electron chi connectivity index (χ1n) is 43.0. The molecule has 23 aromatic rings. The van der Waals surface area contributed by atoms with E-state index in [-0.39, 0.29) is 12.1 Å². The van der Waals surface area contributed by atoms with E-state index in [1.54, 1.807) is 0 Å². The normalized spacial score (nSPS) is 12.6. The van der Waals surface area contributed by atoms with Gasteiger partial charge in [-0.25, -0.2) is 0 Å². The van der Waals surface area contributed by atoms with Gasteiger partial charge < -0.3 is 18.9 Å². The Kier molecular flexibility index (Phi) is 15.8. The summed E-state index contributed by atoms with van der Waals surface area (Å²) in [6.45, 7) is 6.90. The number of para-hydroxylation sites is 2. The SMILES string of the molecule is CC(C)(C)c1cc2c3c(c1)N(c1c(-c4ccccc4)cccc1-c1ccccc1)c1cc(-n4c5ccc(-c6cccc7ccccc67)cc5c5c6ccccc6c6ccccc6c54)ccc1B3c1ccc(-n3c4ccc(-c5cccc6ccccc56)cc4c4c5ccccc5c5ccccc5c43)cc1N2c1c(-c2ccccc2)cccc1-c1ccccc1. The van der Waals surface area contributed by atoms with Gasteiger partial charge in [-0.15, -0.1) is 0 Å². The number of fused-ring (bicyclic) bond motifs is 22. The van der Waals surface area contributed by atoms with E-state index in [1.165, 1.54) is 141 Å². The first-order valence-corrected chi connectivity index (χ1v) is 43.0. The largest absolute Gasteiger partial charge is 0.310 e. The van der Waals surface area contributed by atoms with E-state index in [1.807, 2.05) is 0 Å². The summed E-state index contributed by atoms with van der Waals surface area (Å²) in [6.07, 6.45) is 0. The molecule has 0 fully saturated rings. The molecule has 0 atom stereocenters. The lowest BCUT2D eigenvalue weighted by Gasteiger charge is -2.46. The van der Waals surface area contributed by atoms with Crippen LogP contribution in [0, 0.1) is 0 Å². The van der Waals surface area contributed by atoms with Gasteiger partial charge in [0.05, 0.1) is 33.4 Å². The Morgan fingerprint density at radius 2 is 0.528 bits per heavy atom. The Morgan fingerprint density at radius 1 is 0.220 bits per heavy atom. The van der Waals surface area contributed by atoms with Crippen LogP contribution in [0.15, 0.2) is 425 Å². The second-order valence-electron chi connectivity index (χ2n) is 34.5. The van der Waals surface area contributed by atoms with Crippen molar-refractivity contribution in [2.45, 2.75) is 26.2 Å². The summed E-state index contributed by atoms with van der Waals surface area (Å²) in [5.41, 5.74) is 31.8. The number of anilines is 6. The summed E-state index contributed by atoms with van der Waals surface area (Å²) in [5.74, 6) is 0. The molecule has 25 rings (SSSR count). The third-order valence-corrected chi connectivity index (χ3v) is 26.8. The topological polar surface area (TPSA) is 16.3 Å². The monoisotopic (exact) mass is 1560 g/mol. The van der Waals surface area contributed by atoms with Crippen molar-refractivity contribution in [3.63, 3.8) is 0 Å². The molecule has 5 heteroatoms. The molecular formula is C118H79BN4. The van der Waals surface area contributed by atoms with Crippen molar-refractivity contribution in [2.75, 3.05) is 9.80 Å². The van der Waals surface area contributed by atoms with Crippen LogP contribution in [0.5, 0.6) is 0 Å². The van der Waals surface area contributed by atoms with Crippen LogP contribution in [-0.4, -0.2) is 15.8 Å². The van der Waals surface area contributed by atoms with Gasteiger partial charge >= 0.3 is 0 Å². The van der Waals surface area contributed by atoms with Gasteiger partial charge in [-0.1, -0.05) is 385 Å². The number of hydrogen-bond acceptors (Lipinski definition) is 2. The van der Waals surface area contributed by atoms with E-state index in [9.17, 15) is 0 Å². The summed E-state index contributed by atoms with van der Waals surface area (Å²) in [4.78, 5) is 5.46. The highest BCUT2D eigenvalue weighted by Crippen LogP contribution is 2.56. The number of hydrogen-bond donors (Lipinski definition) is 0. The molecule has 0 saturated heterocycles. The molecule has 2 aromatic heterocycles. The average molecular weight is 1560 g/mol.